The summed E-state index contributed by atoms with van der Waals surface area (Å²) >= 11 is 10.2. The highest BCUT2D eigenvalue weighted by Gasteiger charge is 2.17. The number of carbonyl (C=O) groups is 1. The number of nitrogens with one attached hydrogen (secondary N) is 2. The van der Waals surface area contributed by atoms with Crippen molar-refractivity contribution < 1.29 is 14.6 Å². The van der Waals surface area contributed by atoms with Crippen molar-refractivity contribution in [2.75, 3.05) is 12.4 Å². The van der Waals surface area contributed by atoms with E-state index in [2.05, 4.69) is 31.5 Å². The number of anilines is 1. The molecule has 0 saturated heterocycles. The van der Waals surface area contributed by atoms with Gasteiger partial charge in [-0.05, 0) is 67.2 Å². The van der Waals surface area contributed by atoms with Crippen LogP contribution in [0.4, 0.5) is 5.69 Å². The van der Waals surface area contributed by atoms with Gasteiger partial charge in [-0.15, -0.1) is 11.3 Å². The Labute approximate surface area is 202 Å². The Morgan fingerprint density at radius 1 is 1.19 bits per heavy atom. The van der Waals surface area contributed by atoms with Crippen molar-refractivity contribution in [3.63, 3.8) is 0 Å². The first-order valence-electron chi connectivity index (χ1n) is 9.51. The second-order valence-corrected chi connectivity index (χ2v) is 9.28. The van der Waals surface area contributed by atoms with E-state index < -0.39 is 5.91 Å². The lowest BCUT2D eigenvalue weighted by atomic mass is 10.1. The van der Waals surface area contributed by atoms with Gasteiger partial charge in [0, 0.05) is 10.2 Å². The monoisotopic (exact) mass is 527 g/mol. The number of nitrogens with zero attached hydrogens (tertiary/aromatic N) is 1. The summed E-state index contributed by atoms with van der Waals surface area (Å²) in [6, 6.07) is 16.3. The molecule has 9 heteroatoms. The van der Waals surface area contributed by atoms with E-state index in [1.54, 1.807) is 24.3 Å². The number of aromatic nitrogens is 1. The second kappa shape index (κ2) is 9.23. The molecule has 0 spiro atoms. The molecule has 0 aliphatic carbocycles. The Balaban J connectivity index is 1.54. The minimum absolute atomic E-state index is 0.110. The topological polar surface area (TPSA) is 83.5 Å². The number of ether oxygens (including phenoxy) is 1. The molecule has 4 rings (SSSR count). The van der Waals surface area contributed by atoms with Gasteiger partial charge in [0.1, 0.15) is 16.5 Å². The van der Waals surface area contributed by atoms with Crippen LogP contribution in [0.15, 0.2) is 59.1 Å². The Kier molecular flexibility index (Phi) is 6.40. The number of halogens is 1. The third-order valence-electron chi connectivity index (χ3n) is 4.69. The van der Waals surface area contributed by atoms with E-state index in [-0.39, 0.29) is 10.9 Å². The Morgan fingerprint density at radius 3 is 2.72 bits per heavy atom. The molecule has 0 fully saturated rings. The number of hydrogen-bond acceptors (Lipinski definition) is 6. The molecular formula is C23H18BrN3O3S2. The normalized spacial score (nSPS) is 10.7. The van der Waals surface area contributed by atoms with Crippen molar-refractivity contribution in [1.82, 2.24) is 10.3 Å². The maximum absolute atomic E-state index is 12.8. The molecule has 0 aliphatic rings. The number of hydrogen-bond donors (Lipinski definition) is 3. The van der Waals surface area contributed by atoms with E-state index in [1.165, 1.54) is 18.4 Å². The highest BCUT2D eigenvalue weighted by atomic mass is 79.9. The zero-order valence-corrected chi connectivity index (χ0v) is 20.3. The van der Waals surface area contributed by atoms with Crippen LogP contribution in [0.5, 0.6) is 11.5 Å². The van der Waals surface area contributed by atoms with Crippen molar-refractivity contribution in [2.24, 2.45) is 0 Å². The van der Waals surface area contributed by atoms with Gasteiger partial charge in [-0.3, -0.25) is 10.1 Å². The number of thiazole rings is 1. The summed E-state index contributed by atoms with van der Waals surface area (Å²) in [6.07, 6.45) is 0. The lowest BCUT2D eigenvalue weighted by Crippen LogP contribution is -2.34. The maximum atomic E-state index is 12.8. The van der Waals surface area contributed by atoms with Crippen molar-refractivity contribution in [1.29, 1.82) is 0 Å². The van der Waals surface area contributed by atoms with Crippen molar-refractivity contribution in [3.05, 3.63) is 70.2 Å². The zero-order chi connectivity index (χ0) is 22.8. The predicted octanol–water partition coefficient (Wildman–Crippen LogP) is 5.88. The number of methoxy groups -OCH3 is 1. The first-order chi connectivity index (χ1) is 15.4. The first-order valence-corrected chi connectivity index (χ1v) is 11.5. The van der Waals surface area contributed by atoms with Crippen LogP contribution >= 0.6 is 39.5 Å². The summed E-state index contributed by atoms with van der Waals surface area (Å²) in [5.41, 5.74) is 3.25. The summed E-state index contributed by atoms with van der Waals surface area (Å²) in [5, 5.41) is 16.8. The third-order valence-corrected chi connectivity index (χ3v) is 6.43. The van der Waals surface area contributed by atoms with E-state index >= 15 is 0 Å². The number of fused-ring (bicyclic) bond motifs is 1. The van der Waals surface area contributed by atoms with Crippen LogP contribution in [0.25, 0.3) is 20.8 Å². The van der Waals surface area contributed by atoms with E-state index in [1.807, 2.05) is 37.3 Å². The van der Waals surface area contributed by atoms with Gasteiger partial charge in [-0.2, -0.15) is 0 Å². The summed E-state index contributed by atoms with van der Waals surface area (Å²) in [5.74, 6) is 0.198. The predicted molar refractivity (Wildman–Crippen MR) is 136 cm³/mol. The Morgan fingerprint density at radius 2 is 1.97 bits per heavy atom. The second-order valence-electron chi connectivity index (χ2n) is 6.93. The van der Waals surface area contributed by atoms with Crippen LogP contribution in [0, 0.1) is 6.92 Å². The zero-order valence-electron chi connectivity index (χ0n) is 17.1. The van der Waals surface area contributed by atoms with Crippen LogP contribution in [0.3, 0.4) is 0 Å². The molecule has 6 nitrogen and oxygen atoms in total. The molecule has 0 bridgehead atoms. The molecule has 0 saturated carbocycles. The number of para-hydroxylation sites is 1. The smallest absolute Gasteiger partial charge is 0.261 e. The van der Waals surface area contributed by atoms with Crippen molar-refractivity contribution in [2.45, 2.75) is 6.92 Å². The average Bonchev–Trinajstić information content (AvgIpc) is 3.18. The van der Waals surface area contributed by atoms with Crippen LogP contribution in [-0.2, 0) is 0 Å². The van der Waals surface area contributed by atoms with Gasteiger partial charge in [0.2, 0.25) is 0 Å². The van der Waals surface area contributed by atoms with Gasteiger partial charge < -0.3 is 15.2 Å². The van der Waals surface area contributed by atoms with Gasteiger partial charge in [0.15, 0.2) is 5.11 Å². The summed E-state index contributed by atoms with van der Waals surface area (Å²) in [7, 11) is 1.52. The van der Waals surface area contributed by atoms with Crippen LogP contribution in [0.2, 0.25) is 0 Å². The highest BCUT2D eigenvalue weighted by molar-refractivity contribution is 9.10. The van der Waals surface area contributed by atoms with E-state index in [9.17, 15) is 9.90 Å². The molecule has 162 valence electrons. The van der Waals surface area contributed by atoms with E-state index in [4.69, 9.17) is 17.0 Å². The molecule has 0 aliphatic heterocycles. The summed E-state index contributed by atoms with van der Waals surface area (Å²) in [6.45, 7) is 1.86. The Hall–Kier alpha value is -3.01. The number of aromatic hydroxyl groups is 1. The minimum atomic E-state index is -0.395. The van der Waals surface area contributed by atoms with E-state index in [0.717, 1.165) is 20.3 Å². The number of thiocarbonyl (C=S) groups is 1. The largest absolute Gasteiger partial charge is 0.507 e. The molecule has 3 N–H and O–H groups in total. The van der Waals surface area contributed by atoms with Gasteiger partial charge in [-0.1, -0.05) is 28.1 Å². The number of phenols is 1. The van der Waals surface area contributed by atoms with Gasteiger partial charge in [0.05, 0.1) is 28.5 Å². The van der Waals surface area contributed by atoms with Crippen molar-refractivity contribution >= 4 is 66.4 Å². The molecular weight excluding hydrogens is 510 g/mol. The fourth-order valence-corrected chi connectivity index (χ4v) is 5.05. The molecule has 0 atom stereocenters. The summed E-state index contributed by atoms with van der Waals surface area (Å²) in [4.78, 5) is 17.4. The minimum Gasteiger partial charge on any atom is -0.507 e. The molecule has 4 aromatic rings. The Bertz CT molecular complexity index is 1320. The number of benzene rings is 3. The number of phenolic OH excluding ortho intramolecular Hbond substituents is 1. The number of rotatable bonds is 4. The average molecular weight is 528 g/mol. The molecule has 0 unspecified atom stereocenters. The lowest BCUT2D eigenvalue weighted by molar-refractivity contribution is 0.0974. The van der Waals surface area contributed by atoms with Crippen molar-refractivity contribution in [3.8, 4) is 22.1 Å². The van der Waals surface area contributed by atoms with Crippen LogP contribution < -0.4 is 15.4 Å². The summed E-state index contributed by atoms with van der Waals surface area (Å²) < 4.78 is 7.17. The SMILES string of the molecule is COc1c(C)cc(Br)cc1C(=O)NC(=S)Nc1ccc(O)c(-c2nc3ccccc3s2)c1. The van der Waals surface area contributed by atoms with Crippen LogP contribution in [-0.4, -0.2) is 28.2 Å². The number of aryl methyl sites for hydroxylation is 1. The van der Waals surface area contributed by atoms with Gasteiger partial charge in [0.25, 0.3) is 5.91 Å². The lowest BCUT2D eigenvalue weighted by Gasteiger charge is -2.14. The standard InChI is InChI=1S/C23H18BrN3O3S2/c1-12-9-13(24)10-16(20(12)30-2)21(29)27-23(31)25-14-7-8-18(28)15(11-14)22-26-17-5-3-4-6-19(17)32-22/h3-11,28H,1-2H3,(H2,25,27,29,31). The molecule has 1 amide bonds. The first kappa shape index (κ1) is 22.2. The van der Waals surface area contributed by atoms with Gasteiger partial charge >= 0.3 is 0 Å². The quantitative estimate of drug-likeness (QED) is 0.227. The van der Waals surface area contributed by atoms with Crippen LogP contribution in [0.1, 0.15) is 15.9 Å². The van der Waals surface area contributed by atoms with Gasteiger partial charge in [-0.25, -0.2) is 4.98 Å². The third kappa shape index (κ3) is 4.59. The number of amides is 1. The van der Waals surface area contributed by atoms with E-state index in [0.29, 0.717) is 27.6 Å². The fourth-order valence-electron chi connectivity index (χ4n) is 3.27. The molecule has 1 heterocycles. The maximum Gasteiger partial charge on any atom is 0.261 e. The number of carbonyl (C=O) groups excluding carboxylic acids is 1. The highest BCUT2D eigenvalue weighted by Crippen LogP contribution is 2.36. The molecule has 1 aromatic heterocycles. The molecule has 0 radical (unpaired) electrons. The molecule has 32 heavy (non-hydrogen) atoms. The fraction of sp³-hybridized carbons (Fsp3) is 0.0870. The molecule has 3 aromatic carbocycles.